The molecule has 0 aromatic heterocycles. The number of sulfonamides is 1. The van der Waals surface area contributed by atoms with Gasteiger partial charge in [0.2, 0.25) is 10.0 Å². The second-order valence-corrected chi connectivity index (χ2v) is 11.0. The van der Waals surface area contributed by atoms with E-state index in [-0.39, 0.29) is 10.6 Å². The Hall–Kier alpha value is -2.49. The van der Waals surface area contributed by atoms with Crippen molar-refractivity contribution >= 4 is 21.4 Å². The molecule has 1 aliphatic rings. The van der Waals surface area contributed by atoms with Crippen molar-refractivity contribution in [1.82, 2.24) is 4.72 Å². The Labute approximate surface area is 202 Å². The highest BCUT2D eigenvalue weighted by atomic mass is 32.2. The summed E-state index contributed by atoms with van der Waals surface area (Å²) in [7, 11) is -0.236. The lowest BCUT2D eigenvalue weighted by Gasteiger charge is -2.40. The van der Waals surface area contributed by atoms with Crippen LogP contribution in [0.4, 0.5) is 11.4 Å². The van der Waals surface area contributed by atoms with Gasteiger partial charge < -0.3 is 10.0 Å². The summed E-state index contributed by atoms with van der Waals surface area (Å²) in [5.41, 5.74) is 0.572. The van der Waals surface area contributed by atoms with E-state index < -0.39 is 32.5 Å². The maximum Gasteiger partial charge on any atom is 0.269 e. The predicted molar refractivity (Wildman–Crippen MR) is 134 cm³/mol. The fourth-order valence-corrected chi connectivity index (χ4v) is 6.59. The number of nitro groups is 1. The number of hydrogen-bond donors (Lipinski definition) is 2. The maximum atomic E-state index is 13.7. The smallest absolute Gasteiger partial charge is 0.269 e. The number of unbranched alkanes of at least 4 members (excludes halogenated alkanes) is 2. The summed E-state index contributed by atoms with van der Waals surface area (Å²) in [5.74, 6) is -0.756. The lowest BCUT2D eigenvalue weighted by atomic mass is 9.73. The van der Waals surface area contributed by atoms with E-state index in [1.54, 1.807) is 30.3 Å². The minimum Gasteiger partial charge on any atom is -0.390 e. The largest absolute Gasteiger partial charge is 0.390 e. The van der Waals surface area contributed by atoms with Gasteiger partial charge in [-0.05, 0) is 42.2 Å². The van der Waals surface area contributed by atoms with Crippen LogP contribution < -0.4 is 9.62 Å². The summed E-state index contributed by atoms with van der Waals surface area (Å²) in [6.07, 6.45) is 3.02. The first-order valence-electron chi connectivity index (χ1n) is 11.8. The molecule has 3 rings (SSSR count). The number of nitrogens with zero attached hydrogens (tertiary/aromatic N) is 2. The van der Waals surface area contributed by atoms with Crippen molar-refractivity contribution in [1.29, 1.82) is 0 Å². The van der Waals surface area contributed by atoms with Crippen molar-refractivity contribution < 1.29 is 18.4 Å². The Morgan fingerprint density at radius 2 is 1.74 bits per heavy atom. The Bertz CT molecular complexity index is 1130. The maximum absolute atomic E-state index is 13.7. The monoisotopic (exact) mass is 489 g/mol. The highest BCUT2D eigenvalue weighted by molar-refractivity contribution is 7.89. The van der Waals surface area contributed by atoms with Crippen molar-refractivity contribution in [2.75, 3.05) is 19.0 Å². The second kappa shape index (κ2) is 10.4. The van der Waals surface area contributed by atoms with Crippen LogP contribution in [0.3, 0.4) is 0 Å². The van der Waals surface area contributed by atoms with Crippen LogP contribution in [0.15, 0.2) is 47.4 Å². The molecule has 0 unspecified atom stereocenters. The van der Waals surface area contributed by atoms with Crippen LogP contribution in [0, 0.1) is 10.1 Å². The molecule has 2 aromatic rings. The molecule has 0 fully saturated rings. The van der Waals surface area contributed by atoms with E-state index in [0.29, 0.717) is 24.0 Å². The first-order valence-corrected chi connectivity index (χ1v) is 13.3. The lowest BCUT2D eigenvalue weighted by molar-refractivity contribution is -0.384. The molecule has 0 radical (unpaired) electrons. The molecular weight excluding hydrogens is 454 g/mol. The fraction of sp³-hybridized carbons (Fsp3) is 0.520. The van der Waals surface area contributed by atoms with Gasteiger partial charge in [-0.15, -0.1) is 0 Å². The van der Waals surface area contributed by atoms with Crippen LogP contribution >= 0.6 is 0 Å². The van der Waals surface area contributed by atoms with E-state index in [1.807, 2.05) is 32.8 Å². The average Bonchev–Trinajstić information content (AvgIpc) is 2.87. The summed E-state index contributed by atoms with van der Waals surface area (Å²) in [6, 6.07) is 11.2. The minimum atomic E-state index is -3.95. The summed E-state index contributed by atoms with van der Waals surface area (Å²) < 4.78 is 30.2. The molecule has 1 aliphatic heterocycles. The predicted octanol–water partition coefficient (Wildman–Crippen LogP) is 4.56. The number of non-ortho nitro benzene ring substituents is 1. The zero-order valence-corrected chi connectivity index (χ0v) is 21.1. The molecule has 2 N–H and O–H groups in total. The summed E-state index contributed by atoms with van der Waals surface area (Å²) >= 11 is 0. The topological polar surface area (TPSA) is 113 Å². The molecule has 0 spiro atoms. The van der Waals surface area contributed by atoms with Gasteiger partial charge in [-0.25, -0.2) is 13.1 Å². The Morgan fingerprint density at radius 1 is 1.09 bits per heavy atom. The Balaban J connectivity index is 2.34. The zero-order chi connectivity index (χ0) is 25.1. The SMILES string of the molecule is CCCCC1(CCCC)NS(=O)(=O)c2ccc(N(C)C)cc2[C@@H](c2cccc([N+](=O)[O-])c2)[C@H]1O. The van der Waals surface area contributed by atoms with Gasteiger partial charge in [0.25, 0.3) is 5.69 Å². The normalized spacial score (nSPS) is 20.9. The van der Waals surface area contributed by atoms with Gasteiger partial charge in [0, 0.05) is 37.8 Å². The first kappa shape index (κ1) is 26.1. The van der Waals surface area contributed by atoms with Gasteiger partial charge >= 0.3 is 0 Å². The van der Waals surface area contributed by atoms with E-state index in [0.717, 1.165) is 31.4 Å². The number of aliphatic hydroxyl groups excluding tert-OH is 1. The number of fused-ring (bicyclic) bond motifs is 1. The van der Waals surface area contributed by atoms with Crippen LogP contribution in [0.25, 0.3) is 0 Å². The van der Waals surface area contributed by atoms with Gasteiger partial charge in [-0.2, -0.15) is 0 Å². The van der Waals surface area contributed by atoms with Crippen LogP contribution in [0.2, 0.25) is 0 Å². The van der Waals surface area contributed by atoms with Gasteiger partial charge in [0.1, 0.15) is 0 Å². The van der Waals surface area contributed by atoms with E-state index in [9.17, 15) is 23.6 Å². The number of aliphatic hydroxyl groups is 1. The van der Waals surface area contributed by atoms with E-state index >= 15 is 0 Å². The second-order valence-electron chi connectivity index (χ2n) is 9.36. The third-order valence-electron chi connectivity index (χ3n) is 6.75. The highest BCUT2D eigenvalue weighted by Gasteiger charge is 2.49. The molecule has 0 aliphatic carbocycles. The molecule has 0 amide bonds. The number of hydrogen-bond acceptors (Lipinski definition) is 6. The average molecular weight is 490 g/mol. The van der Waals surface area contributed by atoms with Gasteiger partial charge in [-0.3, -0.25) is 10.1 Å². The molecule has 2 atom stereocenters. The summed E-state index contributed by atoms with van der Waals surface area (Å²) in [4.78, 5) is 13.0. The summed E-state index contributed by atoms with van der Waals surface area (Å²) in [5, 5.41) is 23.5. The molecule has 8 nitrogen and oxygen atoms in total. The van der Waals surface area contributed by atoms with Gasteiger partial charge in [0.05, 0.1) is 21.5 Å². The van der Waals surface area contributed by atoms with E-state index in [4.69, 9.17) is 0 Å². The molecule has 0 saturated heterocycles. The number of benzene rings is 2. The molecule has 9 heteroatoms. The van der Waals surface area contributed by atoms with E-state index in [1.165, 1.54) is 12.1 Å². The van der Waals surface area contributed by atoms with Crippen molar-refractivity contribution in [3.63, 3.8) is 0 Å². The van der Waals surface area contributed by atoms with Crippen LogP contribution in [0.1, 0.15) is 69.4 Å². The number of nitro benzene ring substituents is 1. The molecular formula is C25H35N3O5S. The molecule has 0 bridgehead atoms. The first-order chi connectivity index (χ1) is 16.1. The molecule has 1 heterocycles. The minimum absolute atomic E-state index is 0.0946. The number of nitrogens with one attached hydrogen (secondary N) is 1. The van der Waals surface area contributed by atoms with Crippen LogP contribution in [0.5, 0.6) is 0 Å². The standard InChI is InChI=1S/C25H35N3O5S/c1-5-7-14-25(15-8-6-2)24(29)23(18-10-9-11-20(16-18)28(30)31)21-17-19(27(3)4)12-13-22(21)34(32,33)26-25/h9-13,16-17,23-24,26,29H,5-8,14-15H2,1-4H3/t23-,24-/m1/s1. The Morgan fingerprint density at radius 3 is 2.29 bits per heavy atom. The zero-order valence-electron chi connectivity index (χ0n) is 20.3. The summed E-state index contributed by atoms with van der Waals surface area (Å²) in [6.45, 7) is 4.06. The number of anilines is 1. The van der Waals surface area contributed by atoms with Crippen molar-refractivity contribution in [3.8, 4) is 0 Å². The van der Waals surface area contributed by atoms with Crippen molar-refractivity contribution in [2.45, 2.75) is 74.8 Å². The molecule has 2 aromatic carbocycles. The highest BCUT2D eigenvalue weighted by Crippen LogP contribution is 2.45. The quantitative estimate of drug-likeness (QED) is 0.394. The van der Waals surface area contributed by atoms with Crippen molar-refractivity contribution in [2.24, 2.45) is 0 Å². The molecule has 0 saturated carbocycles. The Kier molecular flexibility index (Phi) is 8.00. The molecule has 34 heavy (non-hydrogen) atoms. The van der Waals surface area contributed by atoms with Crippen LogP contribution in [-0.2, 0) is 10.0 Å². The van der Waals surface area contributed by atoms with Gasteiger partial charge in [-0.1, -0.05) is 51.7 Å². The molecule has 186 valence electrons. The third-order valence-corrected chi connectivity index (χ3v) is 8.37. The van der Waals surface area contributed by atoms with Crippen molar-refractivity contribution in [3.05, 3.63) is 63.7 Å². The fourth-order valence-electron chi connectivity index (χ4n) is 4.87. The van der Waals surface area contributed by atoms with Crippen LogP contribution in [-0.4, -0.2) is 44.2 Å². The van der Waals surface area contributed by atoms with Gasteiger partial charge in [0.15, 0.2) is 0 Å². The van der Waals surface area contributed by atoms with E-state index in [2.05, 4.69) is 4.72 Å². The lowest BCUT2D eigenvalue weighted by Crippen LogP contribution is -2.56. The third kappa shape index (κ3) is 5.11. The number of rotatable bonds is 9.